The molecule has 0 saturated heterocycles. The number of hydrogen-bond acceptors (Lipinski definition) is 3. The van der Waals surface area contributed by atoms with Crippen LogP contribution >= 0.6 is 0 Å². The first-order valence-corrected chi connectivity index (χ1v) is 6.48. The van der Waals surface area contributed by atoms with Crippen molar-refractivity contribution >= 4 is 17.9 Å². The average molecular weight is 283 g/mol. The molecular weight excluding hydrogens is 266 g/mol. The number of aromatic nitrogens is 1. The zero-order valence-electron chi connectivity index (χ0n) is 12.0. The van der Waals surface area contributed by atoms with E-state index >= 15 is 0 Å². The highest BCUT2D eigenvalue weighted by Gasteiger charge is 2.00. The van der Waals surface area contributed by atoms with E-state index in [4.69, 9.17) is 4.74 Å². The van der Waals surface area contributed by atoms with E-state index in [1.807, 2.05) is 37.3 Å². The third kappa shape index (κ3) is 4.65. The molecule has 1 aromatic heterocycles. The molecule has 1 heterocycles. The number of methoxy groups -OCH3 is 1. The normalized spacial score (nSPS) is 10.4. The highest BCUT2D eigenvalue weighted by atomic mass is 16.5. The fourth-order valence-corrected chi connectivity index (χ4v) is 1.69. The molecule has 0 atom stereocenters. The van der Waals surface area contributed by atoms with E-state index in [1.54, 1.807) is 31.6 Å². The lowest BCUT2D eigenvalue weighted by atomic mass is 10.2. The third-order valence-corrected chi connectivity index (χ3v) is 2.76. The van der Waals surface area contributed by atoms with Crippen LogP contribution < -0.4 is 15.4 Å². The summed E-state index contributed by atoms with van der Waals surface area (Å²) >= 11 is 0. The van der Waals surface area contributed by atoms with Crippen LogP contribution in [0.3, 0.4) is 0 Å². The van der Waals surface area contributed by atoms with Crippen LogP contribution in [0.2, 0.25) is 0 Å². The maximum atomic E-state index is 11.7. The Hall–Kier alpha value is -2.82. The largest absolute Gasteiger partial charge is 0.497 e. The van der Waals surface area contributed by atoms with Crippen molar-refractivity contribution < 1.29 is 9.53 Å². The Kier molecular flexibility index (Phi) is 4.93. The van der Waals surface area contributed by atoms with Gasteiger partial charge in [0.2, 0.25) is 0 Å². The summed E-state index contributed by atoms with van der Waals surface area (Å²) in [6.07, 6.45) is 5.02. The quantitative estimate of drug-likeness (QED) is 0.905. The summed E-state index contributed by atoms with van der Waals surface area (Å²) < 4.78 is 5.08. The van der Waals surface area contributed by atoms with Gasteiger partial charge in [-0.2, -0.15) is 0 Å². The Bertz CT molecular complexity index is 636. The van der Waals surface area contributed by atoms with Crippen molar-refractivity contribution in [2.75, 3.05) is 12.4 Å². The number of aryl methyl sites for hydroxylation is 1. The molecule has 0 fully saturated rings. The van der Waals surface area contributed by atoms with Gasteiger partial charge >= 0.3 is 6.03 Å². The molecule has 2 amide bonds. The average Bonchev–Trinajstić information content (AvgIpc) is 2.48. The summed E-state index contributed by atoms with van der Waals surface area (Å²) in [4.78, 5) is 15.7. The lowest BCUT2D eigenvalue weighted by Gasteiger charge is -2.04. The summed E-state index contributed by atoms with van der Waals surface area (Å²) in [6.45, 7) is 1.94. The molecule has 2 N–H and O–H groups in total. The topological polar surface area (TPSA) is 63.2 Å². The minimum atomic E-state index is -0.335. The van der Waals surface area contributed by atoms with Crippen molar-refractivity contribution in [2.24, 2.45) is 0 Å². The standard InChI is InChI=1S/C16H17N3O2/c1-12-7-9-17-15(11-12)19-16(20)18-10-8-13-3-5-14(21-2)6-4-13/h3-11H,1-2H3,(H2,17,18,19,20)/b10-8+. The van der Waals surface area contributed by atoms with Crippen LogP contribution in [0.25, 0.3) is 6.08 Å². The molecule has 1 aromatic carbocycles. The fourth-order valence-electron chi connectivity index (χ4n) is 1.69. The molecule has 0 aliphatic rings. The minimum Gasteiger partial charge on any atom is -0.497 e. The first kappa shape index (κ1) is 14.6. The minimum absolute atomic E-state index is 0.335. The molecule has 0 aliphatic heterocycles. The van der Waals surface area contributed by atoms with Crippen molar-refractivity contribution in [2.45, 2.75) is 6.92 Å². The summed E-state index contributed by atoms with van der Waals surface area (Å²) in [5.74, 6) is 1.31. The maximum absolute atomic E-state index is 11.7. The van der Waals surface area contributed by atoms with Gasteiger partial charge in [-0.05, 0) is 48.4 Å². The number of anilines is 1. The molecule has 0 spiro atoms. The smallest absolute Gasteiger partial charge is 0.324 e. The SMILES string of the molecule is COc1ccc(/C=C/NC(=O)Nc2cc(C)ccn2)cc1. The molecule has 0 unspecified atom stereocenters. The number of nitrogens with one attached hydrogen (secondary N) is 2. The van der Waals surface area contributed by atoms with Gasteiger partial charge in [0.25, 0.3) is 0 Å². The van der Waals surface area contributed by atoms with Crippen LogP contribution in [0, 0.1) is 6.92 Å². The molecule has 2 rings (SSSR count). The van der Waals surface area contributed by atoms with Crippen molar-refractivity contribution in [3.63, 3.8) is 0 Å². The summed E-state index contributed by atoms with van der Waals surface area (Å²) in [7, 11) is 1.62. The van der Waals surface area contributed by atoms with E-state index in [-0.39, 0.29) is 6.03 Å². The number of ether oxygens (including phenoxy) is 1. The van der Waals surface area contributed by atoms with E-state index in [1.165, 1.54) is 0 Å². The Morgan fingerprint density at radius 3 is 2.67 bits per heavy atom. The van der Waals surface area contributed by atoms with E-state index < -0.39 is 0 Å². The second kappa shape index (κ2) is 7.09. The van der Waals surface area contributed by atoms with Crippen molar-refractivity contribution in [3.8, 4) is 5.75 Å². The van der Waals surface area contributed by atoms with Crippen LogP contribution in [0.5, 0.6) is 5.75 Å². The summed E-state index contributed by atoms with van der Waals surface area (Å²) in [5, 5.41) is 5.28. The number of pyridine rings is 1. The van der Waals surface area contributed by atoms with Crippen LogP contribution in [-0.4, -0.2) is 18.1 Å². The zero-order chi connectivity index (χ0) is 15.1. The number of carbonyl (C=O) groups excluding carboxylic acids is 1. The highest BCUT2D eigenvalue weighted by Crippen LogP contribution is 2.12. The second-order valence-corrected chi connectivity index (χ2v) is 4.42. The van der Waals surface area contributed by atoms with Gasteiger partial charge in [0.1, 0.15) is 11.6 Å². The first-order valence-electron chi connectivity index (χ1n) is 6.48. The number of benzene rings is 1. The van der Waals surface area contributed by atoms with Gasteiger partial charge in [-0.25, -0.2) is 9.78 Å². The van der Waals surface area contributed by atoms with Crippen molar-refractivity contribution in [1.29, 1.82) is 0 Å². The molecule has 2 aromatic rings. The second-order valence-electron chi connectivity index (χ2n) is 4.42. The lowest BCUT2D eigenvalue weighted by Crippen LogP contribution is -2.24. The van der Waals surface area contributed by atoms with Crippen LogP contribution in [0.1, 0.15) is 11.1 Å². The first-order chi connectivity index (χ1) is 10.2. The van der Waals surface area contributed by atoms with E-state index in [0.717, 1.165) is 16.9 Å². The van der Waals surface area contributed by atoms with Gasteiger partial charge in [-0.1, -0.05) is 12.1 Å². The Balaban J connectivity index is 1.86. The number of rotatable bonds is 4. The molecule has 5 nitrogen and oxygen atoms in total. The molecule has 5 heteroatoms. The third-order valence-electron chi connectivity index (χ3n) is 2.76. The highest BCUT2D eigenvalue weighted by molar-refractivity contribution is 5.89. The van der Waals surface area contributed by atoms with Crippen LogP contribution in [-0.2, 0) is 0 Å². The molecule has 0 bridgehead atoms. The van der Waals surface area contributed by atoms with Gasteiger partial charge in [0, 0.05) is 12.4 Å². The maximum Gasteiger partial charge on any atom is 0.324 e. The molecule has 0 radical (unpaired) electrons. The van der Waals surface area contributed by atoms with E-state index in [2.05, 4.69) is 15.6 Å². The Morgan fingerprint density at radius 2 is 2.00 bits per heavy atom. The molecular formula is C16H17N3O2. The van der Waals surface area contributed by atoms with Crippen LogP contribution in [0.15, 0.2) is 48.8 Å². The fraction of sp³-hybridized carbons (Fsp3) is 0.125. The van der Waals surface area contributed by atoms with Gasteiger partial charge in [-0.3, -0.25) is 5.32 Å². The monoisotopic (exact) mass is 283 g/mol. The van der Waals surface area contributed by atoms with Crippen molar-refractivity contribution in [1.82, 2.24) is 10.3 Å². The number of hydrogen-bond donors (Lipinski definition) is 2. The van der Waals surface area contributed by atoms with E-state index in [0.29, 0.717) is 5.82 Å². The summed E-state index contributed by atoms with van der Waals surface area (Å²) in [5.41, 5.74) is 2.00. The zero-order valence-corrected chi connectivity index (χ0v) is 12.0. The molecule has 0 aliphatic carbocycles. The predicted molar refractivity (Wildman–Crippen MR) is 83.2 cm³/mol. The Labute approximate surface area is 123 Å². The number of amides is 2. The van der Waals surface area contributed by atoms with Gasteiger partial charge in [0.15, 0.2) is 0 Å². The van der Waals surface area contributed by atoms with Crippen LogP contribution in [0.4, 0.5) is 10.6 Å². The Morgan fingerprint density at radius 1 is 1.24 bits per heavy atom. The van der Waals surface area contributed by atoms with Crippen molar-refractivity contribution in [3.05, 3.63) is 59.9 Å². The number of carbonyl (C=O) groups is 1. The lowest BCUT2D eigenvalue weighted by molar-refractivity contribution is 0.255. The van der Waals surface area contributed by atoms with Gasteiger partial charge in [-0.15, -0.1) is 0 Å². The van der Waals surface area contributed by atoms with E-state index in [9.17, 15) is 4.79 Å². The summed E-state index contributed by atoms with van der Waals surface area (Å²) in [6, 6.07) is 10.8. The number of nitrogens with zero attached hydrogens (tertiary/aromatic N) is 1. The molecule has 108 valence electrons. The molecule has 0 saturated carbocycles. The number of urea groups is 1. The predicted octanol–water partition coefficient (Wildman–Crippen LogP) is 3.19. The molecule has 21 heavy (non-hydrogen) atoms. The van der Waals surface area contributed by atoms with Gasteiger partial charge < -0.3 is 10.1 Å². The van der Waals surface area contributed by atoms with Gasteiger partial charge in [0.05, 0.1) is 7.11 Å².